The van der Waals surface area contributed by atoms with Crippen molar-refractivity contribution in [1.82, 2.24) is 4.98 Å². The fourth-order valence-electron chi connectivity index (χ4n) is 1.52. The number of hydrogen-bond acceptors (Lipinski definition) is 4. The van der Waals surface area contributed by atoms with Gasteiger partial charge in [-0.2, -0.15) is 0 Å². The molecule has 0 saturated carbocycles. The molecule has 0 bridgehead atoms. The first-order valence-corrected chi connectivity index (χ1v) is 6.86. The minimum atomic E-state index is -1.00. The highest BCUT2D eigenvalue weighted by Gasteiger charge is 2.05. The molecule has 108 valence electrons. The maximum absolute atomic E-state index is 11.7. The zero-order chi connectivity index (χ0) is 15.2. The first kappa shape index (κ1) is 14.7. The molecule has 0 radical (unpaired) electrons. The molecule has 0 spiro atoms. The van der Waals surface area contributed by atoms with Gasteiger partial charge in [0.25, 0.3) is 0 Å². The highest BCUT2D eigenvalue weighted by Crippen LogP contribution is 2.17. The molecule has 0 saturated heterocycles. The third-order valence-electron chi connectivity index (χ3n) is 2.43. The van der Waals surface area contributed by atoms with Crippen molar-refractivity contribution in [3.63, 3.8) is 0 Å². The molecule has 2 rings (SSSR count). The van der Waals surface area contributed by atoms with Gasteiger partial charge in [-0.15, -0.1) is 11.3 Å². The van der Waals surface area contributed by atoms with Crippen molar-refractivity contribution < 1.29 is 14.7 Å². The van der Waals surface area contributed by atoms with Crippen LogP contribution >= 0.6 is 11.3 Å². The van der Waals surface area contributed by atoms with Crippen molar-refractivity contribution in [2.24, 2.45) is 0 Å². The molecule has 7 heteroatoms. The van der Waals surface area contributed by atoms with Crippen LogP contribution in [0.4, 0.5) is 15.6 Å². The Labute approximate surface area is 125 Å². The van der Waals surface area contributed by atoms with Crippen molar-refractivity contribution in [2.45, 2.75) is 6.92 Å². The lowest BCUT2D eigenvalue weighted by atomic mass is 10.2. The van der Waals surface area contributed by atoms with Crippen LogP contribution < -0.4 is 10.6 Å². The Hall–Kier alpha value is -2.67. The number of carbonyl (C=O) groups excluding carboxylic acids is 1. The van der Waals surface area contributed by atoms with Gasteiger partial charge in [0, 0.05) is 22.8 Å². The van der Waals surface area contributed by atoms with Gasteiger partial charge in [0.05, 0.1) is 0 Å². The molecule has 3 N–H and O–H groups in total. The zero-order valence-electron chi connectivity index (χ0n) is 11.2. The van der Waals surface area contributed by atoms with E-state index in [2.05, 4.69) is 15.6 Å². The number of benzene rings is 1. The Morgan fingerprint density at radius 3 is 2.52 bits per heavy atom. The quantitative estimate of drug-likeness (QED) is 0.756. The summed E-state index contributed by atoms with van der Waals surface area (Å²) in [7, 11) is 0. The van der Waals surface area contributed by atoms with Gasteiger partial charge in [0.15, 0.2) is 5.13 Å². The van der Waals surface area contributed by atoms with Crippen molar-refractivity contribution >= 4 is 40.2 Å². The first-order valence-electron chi connectivity index (χ1n) is 6.04. The van der Waals surface area contributed by atoms with E-state index in [0.29, 0.717) is 10.8 Å². The van der Waals surface area contributed by atoms with Crippen molar-refractivity contribution in [2.75, 3.05) is 10.6 Å². The summed E-state index contributed by atoms with van der Waals surface area (Å²) < 4.78 is 0. The highest BCUT2D eigenvalue weighted by molar-refractivity contribution is 7.15. The molecular formula is C14H13N3O3S. The number of nitrogens with one attached hydrogen (secondary N) is 2. The fourth-order valence-corrected chi connectivity index (χ4v) is 2.18. The Bertz CT molecular complexity index is 677. The predicted molar refractivity (Wildman–Crippen MR) is 82.6 cm³/mol. The maximum atomic E-state index is 11.7. The Morgan fingerprint density at radius 2 is 1.95 bits per heavy atom. The molecule has 0 atom stereocenters. The third-order valence-corrected chi connectivity index (χ3v) is 3.26. The lowest BCUT2D eigenvalue weighted by Gasteiger charge is -2.05. The molecule has 0 fully saturated rings. The second-order valence-corrected chi connectivity index (χ2v) is 5.38. The van der Waals surface area contributed by atoms with E-state index in [1.54, 1.807) is 30.5 Å². The van der Waals surface area contributed by atoms with Crippen LogP contribution in [0.1, 0.15) is 10.4 Å². The minimum Gasteiger partial charge on any atom is -0.478 e. The lowest BCUT2D eigenvalue weighted by Crippen LogP contribution is -2.19. The maximum Gasteiger partial charge on any atom is 0.328 e. The second kappa shape index (κ2) is 6.67. The van der Waals surface area contributed by atoms with Gasteiger partial charge in [-0.25, -0.2) is 14.6 Å². The van der Waals surface area contributed by atoms with Crippen molar-refractivity contribution in [3.8, 4) is 0 Å². The van der Waals surface area contributed by atoms with Gasteiger partial charge in [-0.1, -0.05) is 12.1 Å². The summed E-state index contributed by atoms with van der Waals surface area (Å²) in [5.74, 6) is -1.00. The number of rotatable bonds is 4. The van der Waals surface area contributed by atoms with Crippen molar-refractivity contribution in [1.29, 1.82) is 0 Å². The van der Waals surface area contributed by atoms with E-state index in [1.165, 1.54) is 17.4 Å². The monoisotopic (exact) mass is 303 g/mol. The van der Waals surface area contributed by atoms with E-state index in [1.807, 2.05) is 6.92 Å². The molecule has 0 unspecified atom stereocenters. The first-order chi connectivity index (χ1) is 10.0. The van der Waals surface area contributed by atoms with Crippen LogP contribution in [0.3, 0.4) is 0 Å². The number of carbonyl (C=O) groups is 2. The fraction of sp³-hybridized carbons (Fsp3) is 0.0714. The minimum absolute atomic E-state index is 0.377. The summed E-state index contributed by atoms with van der Waals surface area (Å²) in [6.07, 6.45) is 4.22. The number of urea groups is 1. The van der Waals surface area contributed by atoms with Crippen LogP contribution in [0.2, 0.25) is 0 Å². The predicted octanol–water partition coefficient (Wildman–Crippen LogP) is 3.19. The SMILES string of the molecule is Cc1cnc(NC(=O)Nc2ccc(/C=C/C(=O)O)cc2)s1. The Morgan fingerprint density at radius 1 is 1.24 bits per heavy atom. The molecule has 1 aromatic heterocycles. The molecule has 6 nitrogen and oxygen atoms in total. The summed E-state index contributed by atoms with van der Waals surface area (Å²) in [6, 6.07) is 6.42. The number of aryl methyl sites for hydroxylation is 1. The molecule has 2 amide bonds. The molecule has 0 aliphatic rings. The van der Waals surface area contributed by atoms with Crippen molar-refractivity contribution in [3.05, 3.63) is 47.0 Å². The summed E-state index contributed by atoms with van der Waals surface area (Å²) in [5.41, 5.74) is 1.34. The van der Waals surface area contributed by atoms with Crippen LogP contribution in [0.5, 0.6) is 0 Å². The number of aliphatic carboxylic acids is 1. The van der Waals surface area contributed by atoms with Crippen LogP contribution in [0.15, 0.2) is 36.5 Å². The summed E-state index contributed by atoms with van der Waals surface area (Å²) in [4.78, 5) is 27.2. The van der Waals surface area contributed by atoms with Crippen LogP contribution in [-0.4, -0.2) is 22.1 Å². The summed E-state index contributed by atoms with van der Waals surface area (Å²) >= 11 is 1.39. The molecule has 1 aromatic carbocycles. The smallest absolute Gasteiger partial charge is 0.328 e. The van der Waals surface area contributed by atoms with Gasteiger partial charge in [0.2, 0.25) is 0 Å². The molecule has 21 heavy (non-hydrogen) atoms. The largest absolute Gasteiger partial charge is 0.478 e. The number of hydrogen-bond donors (Lipinski definition) is 3. The molecule has 0 aliphatic carbocycles. The van der Waals surface area contributed by atoms with E-state index in [9.17, 15) is 9.59 Å². The lowest BCUT2D eigenvalue weighted by molar-refractivity contribution is -0.131. The number of thiazole rings is 1. The van der Waals surface area contributed by atoms with E-state index in [4.69, 9.17) is 5.11 Å². The van der Waals surface area contributed by atoms with Gasteiger partial charge in [-0.3, -0.25) is 5.32 Å². The molecule has 2 aromatic rings. The van der Waals surface area contributed by atoms with Gasteiger partial charge < -0.3 is 10.4 Å². The van der Waals surface area contributed by atoms with E-state index in [-0.39, 0.29) is 6.03 Å². The number of anilines is 2. The molecule has 0 aliphatic heterocycles. The normalized spacial score (nSPS) is 10.5. The molecule has 1 heterocycles. The Balaban J connectivity index is 1.93. The van der Waals surface area contributed by atoms with Gasteiger partial charge in [-0.05, 0) is 30.7 Å². The number of carboxylic acid groups (broad SMARTS) is 1. The number of nitrogens with zero attached hydrogens (tertiary/aromatic N) is 1. The van der Waals surface area contributed by atoms with Crippen LogP contribution in [0, 0.1) is 6.92 Å². The van der Waals surface area contributed by atoms with E-state index < -0.39 is 5.97 Å². The van der Waals surface area contributed by atoms with Gasteiger partial charge in [0.1, 0.15) is 0 Å². The Kier molecular flexibility index (Phi) is 4.68. The summed E-state index contributed by atoms with van der Waals surface area (Å²) in [6.45, 7) is 1.91. The number of aromatic nitrogens is 1. The van der Waals surface area contributed by atoms with Crippen LogP contribution in [0.25, 0.3) is 6.08 Å². The standard InChI is InChI=1S/C14H13N3O3S/c1-9-8-15-14(21-9)17-13(20)16-11-5-2-10(3-6-11)4-7-12(18)19/h2-8H,1H3,(H,18,19)(H2,15,16,17,20)/b7-4+. The van der Waals surface area contributed by atoms with E-state index in [0.717, 1.165) is 16.5 Å². The zero-order valence-corrected chi connectivity index (χ0v) is 12.0. The molecular weight excluding hydrogens is 290 g/mol. The highest BCUT2D eigenvalue weighted by atomic mass is 32.1. The topological polar surface area (TPSA) is 91.3 Å². The second-order valence-electron chi connectivity index (χ2n) is 4.15. The number of carboxylic acids is 1. The average Bonchev–Trinajstić information content (AvgIpc) is 2.83. The summed E-state index contributed by atoms with van der Waals surface area (Å²) in [5, 5.41) is 14.4. The number of amides is 2. The average molecular weight is 303 g/mol. The van der Waals surface area contributed by atoms with Gasteiger partial charge >= 0.3 is 12.0 Å². The third kappa shape index (κ3) is 4.73. The van der Waals surface area contributed by atoms with Crippen LogP contribution in [-0.2, 0) is 4.79 Å². The van der Waals surface area contributed by atoms with E-state index >= 15 is 0 Å².